The number of phenolic OH excluding ortho intramolecular Hbond substituents is 1. The Bertz CT molecular complexity index is 1090. The molecule has 3 aromatic rings. The zero-order chi connectivity index (χ0) is 20.3. The van der Waals surface area contributed by atoms with E-state index in [2.05, 4.69) is 5.32 Å². The van der Waals surface area contributed by atoms with Crippen LogP contribution in [0.3, 0.4) is 0 Å². The van der Waals surface area contributed by atoms with Crippen LogP contribution >= 0.6 is 0 Å². The summed E-state index contributed by atoms with van der Waals surface area (Å²) in [6, 6.07) is 12.2. The molecular formula is C21H19NO6. The Hall–Kier alpha value is -3.61. The molecule has 0 spiro atoms. The van der Waals surface area contributed by atoms with E-state index in [0.29, 0.717) is 10.9 Å². The zero-order valence-corrected chi connectivity index (χ0v) is 15.1. The maximum absolute atomic E-state index is 12.4. The normalized spacial score (nSPS) is 11.9. The smallest absolute Gasteiger partial charge is 0.340 e. The van der Waals surface area contributed by atoms with Gasteiger partial charge < -0.3 is 19.9 Å². The maximum Gasteiger partial charge on any atom is 0.340 e. The monoisotopic (exact) mass is 381 g/mol. The number of rotatable bonds is 6. The van der Waals surface area contributed by atoms with E-state index in [1.807, 2.05) is 6.07 Å². The highest BCUT2D eigenvalue weighted by atomic mass is 16.4. The van der Waals surface area contributed by atoms with E-state index in [0.717, 1.165) is 5.56 Å². The first-order chi connectivity index (χ1) is 13.3. The second-order valence-corrected chi connectivity index (χ2v) is 6.50. The fraction of sp³-hybridized carbons (Fsp3) is 0.190. The first kappa shape index (κ1) is 19.2. The van der Waals surface area contributed by atoms with E-state index in [4.69, 9.17) is 4.42 Å². The third-order valence-electron chi connectivity index (χ3n) is 4.52. The van der Waals surface area contributed by atoms with Crippen LogP contribution in [0.5, 0.6) is 5.75 Å². The number of nitrogens with one attached hydrogen (secondary N) is 1. The number of hydrogen-bond donors (Lipinski definition) is 3. The number of carbonyl (C=O) groups is 2. The number of carbonyl (C=O) groups excluding carboxylic acids is 1. The molecule has 0 radical (unpaired) electrons. The van der Waals surface area contributed by atoms with Crippen LogP contribution in [-0.2, 0) is 22.4 Å². The highest BCUT2D eigenvalue weighted by Crippen LogP contribution is 2.23. The van der Waals surface area contributed by atoms with Crippen molar-refractivity contribution in [1.82, 2.24) is 5.32 Å². The lowest BCUT2D eigenvalue weighted by Crippen LogP contribution is -2.43. The second-order valence-electron chi connectivity index (χ2n) is 6.50. The molecule has 0 bridgehead atoms. The SMILES string of the molecule is Cc1c(CC(=O)N[C@H](Cc2ccccc2)C(=O)O)c(=O)oc2cc(O)ccc12. The lowest BCUT2D eigenvalue weighted by molar-refractivity contribution is -0.141. The summed E-state index contributed by atoms with van der Waals surface area (Å²) in [4.78, 5) is 36.2. The van der Waals surface area contributed by atoms with Crippen LogP contribution in [0, 0.1) is 6.92 Å². The molecule has 0 aliphatic rings. The van der Waals surface area contributed by atoms with E-state index < -0.39 is 23.5 Å². The Labute approximate surface area is 160 Å². The number of aromatic hydroxyl groups is 1. The Morgan fingerprint density at radius 2 is 1.86 bits per heavy atom. The quantitative estimate of drug-likeness (QED) is 0.564. The van der Waals surface area contributed by atoms with Gasteiger partial charge in [0, 0.05) is 17.9 Å². The van der Waals surface area contributed by atoms with Gasteiger partial charge in [-0.3, -0.25) is 4.79 Å². The van der Waals surface area contributed by atoms with Crippen molar-refractivity contribution < 1.29 is 24.2 Å². The predicted molar refractivity (Wildman–Crippen MR) is 102 cm³/mol. The molecule has 0 aliphatic heterocycles. The highest BCUT2D eigenvalue weighted by molar-refractivity contribution is 5.87. The van der Waals surface area contributed by atoms with Gasteiger partial charge in [-0.15, -0.1) is 0 Å². The number of carboxylic acids is 1. The van der Waals surface area contributed by atoms with Crippen molar-refractivity contribution in [3.63, 3.8) is 0 Å². The van der Waals surface area contributed by atoms with Crippen molar-refractivity contribution in [2.45, 2.75) is 25.8 Å². The van der Waals surface area contributed by atoms with Gasteiger partial charge in [-0.25, -0.2) is 9.59 Å². The number of aryl methyl sites for hydroxylation is 1. The molecule has 0 unspecified atom stereocenters. The number of amides is 1. The summed E-state index contributed by atoms with van der Waals surface area (Å²) in [6.45, 7) is 1.68. The van der Waals surface area contributed by atoms with E-state index in [-0.39, 0.29) is 29.7 Å². The molecule has 1 heterocycles. The molecule has 0 fully saturated rings. The van der Waals surface area contributed by atoms with Gasteiger partial charge in [-0.1, -0.05) is 30.3 Å². The molecule has 2 aromatic carbocycles. The van der Waals surface area contributed by atoms with Gasteiger partial charge in [-0.05, 0) is 30.2 Å². The average molecular weight is 381 g/mol. The van der Waals surface area contributed by atoms with E-state index >= 15 is 0 Å². The zero-order valence-electron chi connectivity index (χ0n) is 15.1. The van der Waals surface area contributed by atoms with Gasteiger partial charge >= 0.3 is 11.6 Å². The van der Waals surface area contributed by atoms with Crippen LogP contribution in [0.1, 0.15) is 16.7 Å². The topological polar surface area (TPSA) is 117 Å². The van der Waals surface area contributed by atoms with Crippen molar-refractivity contribution >= 4 is 22.8 Å². The highest BCUT2D eigenvalue weighted by Gasteiger charge is 2.22. The summed E-state index contributed by atoms with van der Waals surface area (Å²) in [5.74, 6) is -1.78. The maximum atomic E-state index is 12.4. The molecule has 1 amide bonds. The van der Waals surface area contributed by atoms with Crippen molar-refractivity contribution in [1.29, 1.82) is 0 Å². The summed E-state index contributed by atoms with van der Waals surface area (Å²) in [5.41, 5.74) is 1.01. The molecule has 7 nitrogen and oxygen atoms in total. The predicted octanol–water partition coefficient (Wildman–Crippen LogP) is 2.16. The molecule has 3 N–H and O–H groups in total. The molecule has 1 aromatic heterocycles. The summed E-state index contributed by atoms with van der Waals surface area (Å²) in [5, 5.41) is 22.0. The summed E-state index contributed by atoms with van der Waals surface area (Å²) < 4.78 is 5.19. The van der Waals surface area contributed by atoms with Crippen molar-refractivity contribution in [3.8, 4) is 5.75 Å². The number of hydrogen-bond acceptors (Lipinski definition) is 5. The Morgan fingerprint density at radius 3 is 2.54 bits per heavy atom. The third-order valence-corrected chi connectivity index (χ3v) is 4.52. The summed E-state index contributed by atoms with van der Waals surface area (Å²) in [7, 11) is 0. The fourth-order valence-corrected chi connectivity index (χ4v) is 3.04. The van der Waals surface area contributed by atoms with Gasteiger partial charge in [0.2, 0.25) is 5.91 Å². The van der Waals surface area contributed by atoms with E-state index in [1.54, 1.807) is 37.3 Å². The lowest BCUT2D eigenvalue weighted by atomic mass is 10.0. The Balaban J connectivity index is 1.81. The minimum Gasteiger partial charge on any atom is -0.508 e. The van der Waals surface area contributed by atoms with Crippen molar-refractivity contribution in [3.05, 3.63) is 75.6 Å². The summed E-state index contributed by atoms with van der Waals surface area (Å²) in [6.07, 6.45) is -0.171. The van der Waals surface area contributed by atoms with Gasteiger partial charge in [0.25, 0.3) is 0 Å². The fourth-order valence-electron chi connectivity index (χ4n) is 3.04. The van der Waals surface area contributed by atoms with Crippen LogP contribution < -0.4 is 10.9 Å². The number of phenols is 1. The van der Waals surface area contributed by atoms with Gasteiger partial charge in [-0.2, -0.15) is 0 Å². The first-order valence-corrected chi connectivity index (χ1v) is 8.66. The standard InChI is InChI=1S/C21H19NO6/c1-12-15-8-7-14(23)10-18(15)28-21(27)16(12)11-19(24)22-17(20(25)26)9-13-5-3-2-4-6-13/h2-8,10,17,23H,9,11H2,1H3,(H,22,24)(H,25,26)/t17-/m1/s1. The van der Waals surface area contributed by atoms with Crippen molar-refractivity contribution in [2.75, 3.05) is 0 Å². The molecular weight excluding hydrogens is 362 g/mol. The van der Waals surface area contributed by atoms with Crippen LogP contribution in [-0.4, -0.2) is 28.1 Å². The number of aliphatic carboxylic acids is 1. The molecule has 0 aliphatic carbocycles. The molecule has 0 saturated carbocycles. The van der Waals surface area contributed by atoms with E-state index in [9.17, 15) is 24.6 Å². The minimum atomic E-state index is -1.16. The van der Waals surface area contributed by atoms with Gasteiger partial charge in [0.1, 0.15) is 17.4 Å². The summed E-state index contributed by atoms with van der Waals surface area (Å²) >= 11 is 0. The Morgan fingerprint density at radius 1 is 1.14 bits per heavy atom. The second kappa shape index (κ2) is 7.96. The van der Waals surface area contributed by atoms with Crippen LogP contribution in [0.15, 0.2) is 57.7 Å². The molecule has 28 heavy (non-hydrogen) atoms. The molecule has 3 rings (SSSR count). The average Bonchev–Trinajstić information content (AvgIpc) is 2.65. The van der Waals surface area contributed by atoms with E-state index in [1.165, 1.54) is 12.1 Å². The third kappa shape index (κ3) is 4.20. The molecule has 144 valence electrons. The van der Waals surface area contributed by atoms with Crippen molar-refractivity contribution in [2.24, 2.45) is 0 Å². The molecule has 7 heteroatoms. The first-order valence-electron chi connectivity index (χ1n) is 8.66. The number of benzene rings is 2. The number of fused-ring (bicyclic) bond motifs is 1. The molecule has 0 saturated heterocycles. The van der Waals surface area contributed by atoms with Gasteiger partial charge in [0.15, 0.2) is 0 Å². The molecule has 1 atom stereocenters. The Kier molecular flexibility index (Phi) is 5.44. The largest absolute Gasteiger partial charge is 0.508 e. The lowest BCUT2D eigenvalue weighted by Gasteiger charge is -2.15. The van der Waals surface area contributed by atoms with Crippen LogP contribution in [0.25, 0.3) is 11.0 Å². The van der Waals surface area contributed by atoms with Crippen LogP contribution in [0.2, 0.25) is 0 Å². The minimum absolute atomic E-state index is 0.0363. The number of carboxylic acid groups (broad SMARTS) is 1. The van der Waals surface area contributed by atoms with Crippen LogP contribution in [0.4, 0.5) is 0 Å². The van der Waals surface area contributed by atoms with Gasteiger partial charge in [0.05, 0.1) is 12.0 Å².